The van der Waals surface area contributed by atoms with Crippen LogP contribution in [0.3, 0.4) is 0 Å². The van der Waals surface area contributed by atoms with Crippen LogP contribution in [0.15, 0.2) is 0 Å². The molecule has 0 aromatic heterocycles. The van der Waals surface area contributed by atoms with Gasteiger partial charge in [-0.3, -0.25) is 5.73 Å². The number of nitrogens with two attached hydrogens (primary N) is 1. The first-order valence-electron chi connectivity index (χ1n) is 1.70. The summed E-state index contributed by atoms with van der Waals surface area (Å²) in [5, 5.41) is 0. The molecule has 0 saturated carbocycles. The van der Waals surface area contributed by atoms with Crippen molar-refractivity contribution in [3.8, 4) is 0 Å². The highest BCUT2D eigenvalue weighted by atomic mass is 32.1. The number of rotatable bonds is 2. The molecule has 2 unspecified atom stereocenters. The molecule has 0 aliphatic heterocycles. The van der Waals surface area contributed by atoms with E-state index in [4.69, 9.17) is 10.6 Å². The van der Waals surface area contributed by atoms with Crippen LogP contribution in [0.1, 0.15) is 0 Å². The van der Waals surface area contributed by atoms with Crippen molar-refractivity contribution in [2.75, 3.05) is 5.75 Å². The fraction of sp³-hybridized carbons (Fsp3) is 1.00. The predicted octanol–water partition coefficient (Wildman–Crippen LogP) is -0.0643. The largest absolute Gasteiger partial charge is 0.525 e. The Hall–Kier alpha value is 0.370. The molecule has 3 N–H and O–H groups in total. The van der Waals surface area contributed by atoms with Crippen molar-refractivity contribution in [2.24, 2.45) is 5.73 Å². The third-order valence-electron chi connectivity index (χ3n) is 0.471. The molecule has 0 bridgehead atoms. The van der Waals surface area contributed by atoms with Gasteiger partial charge in [0.1, 0.15) is 0 Å². The second kappa shape index (κ2) is 3.38. The van der Waals surface area contributed by atoms with E-state index in [1.54, 1.807) is 0 Å². The van der Waals surface area contributed by atoms with Gasteiger partial charge in [0.2, 0.25) is 5.78 Å². The highest BCUT2D eigenvalue weighted by Gasteiger charge is 2.20. The normalized spacial score (nSPS) is 16.1. The molecule has 0 aromatic carbocycles. The highest BCUT2D eigenvalue weighted by Crippen LogP contribution is 2.17. The summed E-state index contributed by atoms with van der Waals surface area (Å²) in [6, 6.07) is 0. The molecule has 0 heterocycles. The van der Waals surface area contributed by atoms with Gasteiger partial charge in [-0.05, 0) is 4.57 Å². The molecule has 0 saturated heterocycles. The summed E-state index contributed by atoms with van der Waals surface area (Å²) in [6.07, 6.45) is 0. The molecule has 0 aromatic rings. The average molecular weight is 140 g/mol. The first-order chi connectivity index (χ1) is 3.18. The van der Waals surface area contributed by atoms with Crippen molar-refractivity contribution in [3.05, 3.63) is 0 Å². The molecule has 0 aliphatic rings. The average Bonchev–Trinajstić information content (AvgIpc) is 1.65. The van der Waals surface area contributed by atoms with Crippen LogP contribution in [0.5, 0.6) is 0 Å². The number of hydrogen-bond acceptors (Lipinski definition) is 3. The minimum atomic E-state index is -2.21. The van der Waals surface area contributed by atoms with Crippen LogP contribution in [-0.4, -0.2) is 16.4 Å². The molecule has 0 spiro atoms. The monoisotopic (exact) mass is 140 g/mol. The van der Waals surface area contributed by atoms with Crippen molar-refractivity contribution in [1.29, 1.82) is 0 Å². The van der Waals surface area contributed by atoms with E-state index in [9.17, 15) is 4.57 Å². The molecular weight excluding hydrogens is 133 g/mol. The fourth-order valence-electron chi connectivity index (χ4n) is 0.0698. The minimum absolute atomic E-state index is 0.256. The van der Waals surface area contributed by atoms with Gasteiger partial charge in [0, 0.05) is 0 Å². The van der Waals surface area contributed by atoms with Gasteiger partial charge in [-0.2, -0.15) is 17.5 Å². The van der Waals surface area contributed by atoms with E-state index in [-0.39, 0.29) is 5.75 Å². The Bertz CT molecular complexity index is 78.1. The van der Waals surface area contributed by atoms with Gasteiger partial charge in [-0.15, -0.1) is 0 Å². The zero-order valence-electron chi connectivity index (χ0n) is 3.61. The molecule has 7 heavy (non-hydrogen) atoms. The molecule has 5 heteroatoms. The van der Waals surface area contributed by atoms with Crippen LogP contribution in [0.25, 0.3) is 0 Å². The Morgan fingerprint density at radius 1 is 2.00 bits per heavy atom. The maximum absolute atomic E-state index is 9.90. The molecule has 0 amide bonds. The lowest BCUT2D eigenvalue weighted by Gasteiger charge is -1.84. The van der Waals surface area contributed by atoms with E-state index < -0.39 is 13.8 Å². The van der Waals surface area contributed by atoms with Crippen LogP contribution in [0.4, 0.5) is 0 Å². The lowest BCUT2D eigenvalue weighted by molar-refractivity contribution is 0.493. The zero-order valence-corrected chi connectivity index (χ0v) is 5.40. The smallest absolute Gasteiger partial charge is 0.284 e. The van der Waals surface area contributed by atoms with Gasteiger partial charge < -0.3 is 0 Å². The van der Waals surface area contributed by atoms with Crippen LogP contribution in [0, 0.1) is 0 Å². The fourth-order valence-corrected chi connectivity index (χ4v) is 0.629. The van der Waals surface area contributed by atoms with Gasteiger partial charge in [0.15, 0.2) is 0 Å². The molecule has 42 valence electrons. The van der Waals surface area contributed by atoms with Gasteiger partial charge in [0.25, 0.3) is 0 Å². The summed E-state index contributed by atoms with van der Waals surface area (Å²) in [5.74, 6) is -0.413. The molecule has 3 nitrogen and oxygen atoms in total. The molecule has 2 atom stereocenters. The predicted molar refractivity (Wildman–Crippen MR) is 31.7 cm³/mol. The van der Waals surface area contributed by atoms with E-state index in [0.717, 1.165) is 0 Å². The first-order valence-corrected chi connectivity index (χ1v) is 3.61. The van der Waals surface area contributed by atoms with Crippen LogP contribution in [-0.2, 0) is 4.57 Å². The lowest BCUT2D eigenvalue weighted by atomic mass is 10.8. The molecule has 0 aliphatic carbocycles. The summed E-state index contributed by atoms with van der Waals surface area (Å²) in [7, 11) is -2.21. The second-order valence-electron chi connectivity index (χ2n) is 1.05. The third-order valence-corrected chi connectivity index (χ3v) is 1.90. The molecule has 0 rings (SSSR count). The summed E-state index contributed by atoms with van der Waals surface area (Å²) >= 11 is 3.69. The third kappa shape index (κ3) is 3.00. The minimum Gasteiger partial charge on any atom is -0.284 e. The Morgan fingerprint density at radius 3 is 2.43 bits per heavy atom. The van der Waals surface area contributed by atoms with E-state index in [1.807, 2.05) is 0 Å². The van der Waals surface area contributed by atoms with Crippen LogP contribution < -0.4 is 5.73 Å². The van der Waals surface area contributed by atoms with Crippen LogP contribution in [0.2, 0.25) is 0 Å². The maximum Gasteiger partial charge on any atom is 0.525 e. The standard InChI is InChI=1S/C2H6NO2PS/c3-2(1-7)6(4)5/h2H,1,3H2,(H-,4,5,7)/p+1. The zero-order chi connectivity index (χ0) is 5.86. The molecular formula is C2H7NO2PS+. The van der Waals surface area contributed by atoms with Crippen molar-refractivity contribution >= 4 is 20.7 Å². The summed E-state index contributed by atoms with van der Waals surface area (Å²) in [4.78, 5) is 8.16. The summed E-state index contributed by atoms with van der Waals surface area (Å²) in [6.45, 7) is 0. The van der Waals surface area contributed by atoms with Crippen LogP contribution >= 0.6 is 20.7 Å². The van der Waals surface area contributed by atoms with Gasteiger partial charge in [-0.1, -0.05) is 0 Å². The second-order valence-corrected chi connectivity index (χ2v) is 2.69. The number of hydrogen-bond donors (Lipinski definition) is 3. The summed E-state index contributed by atoms with van der Waals surface area (Å²) < 4.78 is 9.90. The SMILES string of the molecule is NC(CS)[P+](=O)O. The first kappa shape index (κ1) is 7.37. The topological polar surface area (TPSA) is 63.3 Å². The molecule has 0 radical (unpaired) electrons. The Kier molecular flexibility index (Phi) is 3.56. The Labute approximate surface area is 48.2 Å². The summed E-state index contributed by atoms with van der Waals surface area (Å²) in [5.41, 5.74) is 5.01. The van der Waals surface area contributed by atoms with E-state index in [1.165, 1.54) is 0 Å². The maximum atomic E-state index is 9.90. The lowest BCUT2D eigenvalue weighted by Crippen LogP contribution is -2.16. The van der Waals surface area contributed by atoms with Gasteiger partial charge >= 0.3 is 8.03 Å². The van der Waals surface area contributed by atoms with Crippen molar-refractivity contribution in [2.45, 2.75) is 5.78 Å². The van der Waals surface area contributed by atoms with Crippen molar-refractivity contribution in [1.82, 2.24) is 0 Å². The number of thiol groups is 1. The molecule has 0 fully saturated rings. The Balaban J connectivity index is 3.34. The Morgan fingerprint density at radius 2 is 2.43 bits per heavy atom. The van der Waals surface area contributed by atoms with Gasteiger partial charge in [-0.25, -0.2) is 0 Å². The highest BCUT2D eigenvalue weighted by molar-refractivity contribution is 7.80. The van der Waals surface area contributed by atoms with E-state index >= 15 is 0 Å². The van der Waals surface area contributed by atoms with Crippen molar-refractivity contribution in [3.63, 3.8) is 0 Å². The van der Waals surface area contributed by atoms with E-state index in [2.05, 4.69) is 12.6 Å². The quantitative estimate of drug-likeness (QED) is 0.372. The van der Waals surface area contributed by atoms with E-state index in [0.29, 0.717) is 0 Å². The van der Waals surface area contributed by atoms with Crippen molar-refractivity contribution < 1.29 is 9.46 Å². The van der Waals surface area contributed by atoms with Gasteiger partial charge in [0.05, 0.1) is 5.75 Å².